The summed E-state index contributed by atoms with van der Waals surface area (Å²) in [5, 5.41) is 0. The van der Waals surface area contributed by atoms with Crippen molar-refractivity contribution in [3.05, 3.63) is 12.2 Å². The summed E-state index contributed by atoms with van der Waals surface area (Å²) in [7, 11) is 1.48. The van der Waals surface area contributed by atoms with Gasteiger partial charge in [0.1, 0.15) is 0 Å². The Bertz CT molecular complexity index is 220. The number of hydrogen-bond acceptors (Lipinski definition) is 2. The van der Waals surface area contributed by atoms with Gasteiger partial charge in [0.05, 0.1) is 13.0 Å². The number of hydrogen-bond donors (Lipinski definition) is 0. The third-order valence-corrected chi connectivity index (χ3v) is 3.16. The maximum atomic E-state index is 11.3. The second-order valence-corrected chi connectivity index (χ2v) is 3.71. The van der Waals surface area contributed by atoms with Crippen LogP contribution in [0.15, 0.2) is 12.2 Å². The van der Waals surface area contributed by atoms with Gasteiger partial charge >= 0.3 is 5.97 Å². The first-order chi connectivity index (χ1) is 5.83. The lowest BCUT2D eigenvalue weighted by Crippen LogP contribution is -2.20. The smallest absolute Gasteiger partial charge is 0.309 e. The first-order valence-electron chi connectivity index (χ1n) is 4.57. The number of carbonyl (C=O) groups excluding carboxylic acids is 1. The van der Waals surface area contributed by atoms with Crippen molar-refractivity contribution in [3.63, 3.8) is 0 Å². The second kappa shape index (κ2) is 2.92. The van der Waals surface area contributed by atoms with E-state index in [1.54, 1.807) is 0 Å². The lowest BCUT2D eigenvalue weighted by atomic mass is 9.93. The Morgan fingerprint density at radius 3 is 3.08 bits per heavy atom. The summed E-state index contributed by atoms with van der Waals surface area (Å²) < 4.78 is 4.77. The van der Waals surface area contributed by atoms with Crippen molar-refractivity contribution in [1.82, 2.24) is 0 Å². The molecule has 0 aliphatic heterocycles. The van der Waals surface area contributed by atoms with E-state index >= 15 is 0 Å². The van der Waals surface area contributed by atoms with E-state index in [0.29, 0.717) is 5.92 Å². The van der Waals surface area contributed by atoms with Crippen LogP contribution in [0.25, 0.3) is 0 Å². The van der Waals surface area contributed by atoms with E-state index in [2.05, 4.69) is 12.2 Å². The lowest BCUT2D eigenvalue weighted by Gasteiger charge is -2.14. The Morgan fingerprint density at radius 1 is 1.50 bits per heavy atom. The van der Waals surface area contributed by atoms with Crippen LogP contribution in [0.1, 0.15) is 19.3 Å². The number of ether oxygens (including phenoxy) is 1. The highest BCUT2D eigenvalue weighted by molar-refractivity contribution is 5.73. The molecular weight excluding hydrogens is 152 g/mol. The third kappa shape index (κ3) is 1.06. The molecule has 0 spiro atoms. The van der Waals surface area contributed by atoms with Gasteiger partial charge in [-0.2, -0.15) is 0 Å². The minimum atomic E-state index is -0.0194. The quantitative estimate of drug-likeness (QED) is 0.438. The molecule has 0 aromatic rings. The molecule has 1 fully saturated rings. The first-order valence-corrected chi connectivity index (χ1v) is 4.57. The Kier molecular flexibility index (Phi) is 1.91. The van der Waals surface area contributed by atoms with Gasteiger partial charge in [0.25, 0.3) is 0 Å². The maximum absolute atomic E-state index is 11.3. The molecule has 0 amide bonds. The molecule has 0 bridgehead atoms. The number of rotatable bonds is 1. The fourth-order valence-corrected chi connectivity index (χ4v) is 2.51. The first kappa shape index (κ1) is 7.84. The van der Waals surface area contributed by atoms with E-state index in [4.69, 9.17) is 4.74 Å². The maximum Gasteiger partial charge on any atom is 0.309 e. The van der Waals surface area contributed by atoms with E-state index < -0.39 is 0 Å². The summed E-state index contributed by atoms with van der Waals surface area (Å²) in [5.41, 5.74) is 0. The van der Waals surface area contributed by atoms with E-state index in [1.807, 2.05) is 0 Å². The summed E-state index contributed by atoms with van der Waals surface area (Å²) >= 11 is 0. The van der Waals surface area contributed by atoms with E-state index in [9.17, 15) is 4.79 Å². The van der Waals surface area contributed by atoms with Crippen LogP contribution in [0, 0.1) is 17.8 Å². The standard InChI is InChI=1S/C10H14O2/c1-12-10(11)9-6-5-7-3-2-4-8(7)9/h2,4,7-9H,3,5-6H2,1H3. The fraction of sp³-hybridized carbons (Fsp3) is 0.700. The van der Waals surface area contributed by atoms with Gasteiger partial charge in [-0.1, -0.05) is 12.2 Å². The van der Waals surface area contributed by atoms with Gasteiger partial charge in [0, 0.05) is 0 Å². The zero-order valence-corrected chi connectivity index (χ0v) is 7.32. The Hall–Kier alpha value is -0.790. The minimum absolute atomic E-state index is 0.0194. The van der Waals surface area contributed by atoms with Crippen molar-refractivity contribution in [3.8, 4) is 0 Å². The molecular formula is C10H14O2. The molecule has 0 aromatic heterocycles. The van der Waals surface area contributed by atoms with Gasteiger partial charge in [-0.25, -0.2) is 0 Å². The average Bonchev–Trinajstić information content (AvgIpc) is 2.62. The zero-order valence-electron chi connectivity index (χ0n) is 7.32. The summed E-state index contributed by atoms with van der Waals surface area (Å²) in [6.45, 7) is 0. The molecule has 0 radical (unpaired) electrons. The summed E-state index contributed by atoms with van der Waals surface area (Å²) in [4.78, 5) is 11.3. The molecule has 1 saturated carbocycles. The van der Waals surface area contributed by atoms with Crippen LogP contribution in [-0.4, -0.2) is 13.1 Å². The summed E-state index contributed by atoms with van der Waals surface area (Å²) in [6, 6.07) is 0. The largest absolute Gasteiger partial charge is 0.469 e. The van der Waals surface area contributed by atoms with Crippen LogP contribution in [0.2, 0.25) is 0 Å². The number of fused-ring (bicyclic) bond motifs is 1. The number of allylic oxidation sites excluding steroid dienone is 2. The number of carbonyl (C=O) groups is 1. The van der Waals surface area contributed by atoms with Crippen LogP contribution < -0.4 is 0 Å². The van der Waals surface area contributed by atoms with Crippen LogP contribution >= 0.6 is 0 Å². The molecule has 2 aliphatic rings. The summed E-state index contributed by atoms with van der Waals surface area (Å²) in [6.07, 6.45) is 7.77. The topological polar surface area (TPSA) is 26.3 Å². The van der Waals surface area contributed by atoms with E-state index in [1.165, 1.54) is 13.5 Å². The minimum Gasteiger partial charge on any atom is -0.469 e. The van der Waals surface area contributed by atoms with Gasteiger partial charge in [-0.3, -0.25) is 4.79 Å². The SMILES string of the molecule is COC(=O)C1CCC2CC=CC21. The van der Waals surface area contributed by atoms with Crippen molar-refractivity contribution < 1.29 is 9.53 Å². The van der Waals surface area contributed by atoms with Gasteiger partial charge in [0.15, 0.2) is 0 Å². The molecule has 2 aliphatic carbocycles. The van der Waals surface area contributed by atoms with Gasteiger partial charge in [-0.15, -0.1) is 0 Å². The van der Waals surface area contributed by atoms with Crippen LogP contribution in [0.5, 0.6) is 0 Å². The monoisotopic (exact) mass is 166 g/mol. The predicted molar refractivity (Wildman–Crippen MR) is 45.5 cm³/mol. The van der Waals surface area contributed by atoms with E-state index in [-0.39, 0.29) is 11.9 Å². The second-order valence-electron chi connectivity index (χ2n) is 3.71. The van der Waals surface area contributed by atoms with Crippen molar-refractivity contribution in [2.45, 2.75) is 19.3 Å². The molecule has 66 valence electrons. The van der Waals surface area contributed by atoms with Crippen LogP contribution in [0.3, 0.4) is 0 Å². The highest BCUT2D eigenvalue weighted by atomic mass is 16.5. The van der Waals surface area contributed by atoms with E-state index in [0.717, 1.165) is 18.8 Å². The van der Waals surface area contributed by atoms with Crippen molar-refractivity contribution >= 4 is 5.97 Å². The summed E-state index contributed by atoms with van der Waals surface area (Å²) in [5.74, 6) is 1.35. The normalized spacial score (nSPS) is 38.2. The van der Waals surface area contributed by atoms with Crippen LogP contribution in [-0.2, 0) is 9.53 Å². The van der Waals surface area contributed by atoms with Crippen molar-refractivity contribution in [2.24, 2.45) is 17.8 Å². The van der Waals surface area contributed by atoms with Crippen molar-refractivity contribution in [1.29, 1.82) is 0 Å². The van der Waals surface area contributed by atoms with Gasteiger partial charge < -0.3 is 4.74 Å². The molecule has 0 N–H and O–H groups in total. The molecule has 0 aromatic carbocycles. The highest BCUT2D eigenvalue weighted by Crippen LogP contribution is 2.44. The van der Waals surface area contributed by atoms with Gasteiger partial charge in [-0.05, 0) is 31.1 Å². The number of methoxy groups -OCH3 is 1. The molecule has 0 heterocycles. The molecule has 2 heteroatoms. The molecule has 2 rings (SSSR count). The molecule has 3 unspecified atom stereocenters. The molecule has 2 nitrogen and oxygen atoms in total. The Balaban J connectivity index is 2.08. The van der Waals surface area contributed by atoms with Crippen molar-refractivity contribution in [2.75, 3.05) is 7.11 Å². The van der Waals surface area contributed by atoms with Crippen LogP contribution in [0.4, 0.5) is 0 Å². The predicted octanol–water partition coefficient (Wildman–Crippen LogP) is 1.76. The fourth-order valence-electron chi connectivity index (χ4n) is 2.51. The average molecular weight is 166 g/mol. The molecule has 3 atom stereocenters. The molecule has 0 saturated heterocycles. The highest BCUT2D eigenvalue weighted by Gasteiger charge is 2.40. The third-order valence-electron chi connectivity index (χ3n) is 3.16. The van der Waals surface area contributed by atoms with Gasteiger partial charge in [0.2, 0.25) is 0 Å². The molecule has 12 heavy (non-hydrogen) atoms. The lowest BCUT2D eigenvalue weighted by molar-refractivity contribution is -0.146. The Morgan fingerprint density at radius 2 is 2.33 bits per heavy atom. The zero-order chi connectivity index (χ0) is 8.55. The Labute approximate surface area is 72.6 Å². The number of esters is 1.